The van der Waals surface area contributed by atoms with Crippen LogP contribution >= 0.6 is 15.9 Å². The number of carbonyl (C=O) groups is 1. The molecule has 4 heteroatoms. The van der Waals surface area contributed by atoms with Crippen LogP contribution in [0.3, 0.4) is 0 Å². The first-order valence-corrected chi connectivity index (χ1v) is 5.59. The van der Waals surface area contributed by atoms with Crippen molar-refractivity contribution in [2.24, 2.45) is 0 Å². The molecule has 1 aromatic rings. The number of carbonyl (C=O) groups excluding carboxylic acids is 1. The second-order valence-corrected chi connectivity index (χ2v) is 4.79. The molecular weight excluding hydrogens is 261 g/mol. The Hall–Kier alpha value is -0.900. The Labute approximate surface area is 97.0 Å². The van der Waals surface area contributed by atoms with Crippen LogP contribution in [0.4, 0.5) is 4.39 Å². The third-order valence-corrected chi connectivity index (χ3v) is 2.48. The summed E-state index contributed by atoms with van der Waals surface area (Å²) in [6.45, 7) is 3.80. The highest BCUT2D eigenvalue weighted by molar-refractivity contribution is 9.10. The molecule has 1 atom stereocenters. The standard InChI is InChI=1S/C11H13BrFNO/c1-7-3-4-9(5-10(7)13)6-14-11(15)8(2)12/h3-5,8H,6H2,1-2H3,(H,14,15). The monoisotopic (exact) mass is 273 g/mol. The average Bonchev–Trinajstić information content (AvgIpc) is 2.19. The number of alkyl halides is 1. The van der Waals surface area contributed by atoms with Crippen LogP contribution in [0.5, 0.6) is 0 Å². The lowest BCUT2D eigenvalue weighted by Gasteiger charge is -2.07. The minimum Gasteiger partial charge on any atom is -0.351 e. The van der Waals surface area contributed by atoms with Crippen molar-refractivity contribution in [3.05, 3.63) is 35.1 Å². The predicted octanol–water partition coefficient (Wildman–Crippen LogP) is 2.53. The van der Waals surface area contributed by atoms with Gasteiger partial charge >= 0.3 is 0 Å². The summed E-state index contributed by atoms with van der Waals surface area (Å²) in [4.78, 5) is 11.0. The number of benzene rings is 1. The quantitative estimate of drug-likeness (QED) is 0.843. The summed E-state index contributed by atoms with van der Waals surface area (Å²) in [6.07, 6.45) is 0. The van der Waals surface area contributed by atoms with Crippen molar-refractivity contribution in [1.82, 2.24) is 5.32 Å². The average molecular weight is 274 g/mol. The van der Waals surface area contributed by atoms with Crippen molar-refractivity contribution in [3.8, 4) is 0 Å². The molecule has 0 heterocycles. The SMILES string of the molecule is Cc1ccc(CNC(=O)C(C)Br)cc1F. The third kappa shape index (κ3) is 3.63. The molecule has 0 fully saturated rings. The van der Waals surface area contributed by atoms with Gasteiger partial charge in [0.25, 0.3) is 0 Å². The molecule has 15 heavy (non-hydrogen) atoms. The molecule has 0 aliphatic carbocycles. The molecule has 1 aromatic carbocycles. The Morgan fingerprint density at radius 2 is 2.27 bits per heavy atom. The van der Waals surface area contributed by atoms with Crippen molar-refractivity contribution in [2.75, 3.05) is 0 Å². The van der Waals surface area contributed by atoms with Crippen molar-refractivity contribution >= 4 is 21.8 Å². The van der Waals surface area contributed by atoms with E-state index in [1.807, 2.05) is 0 Å². The van der Waals surface area contributed by atoms with Crippen LogP contribution in [0.1, 0.15) is 18.1 Å². The second-order valence-electron chi connectivity index (χ2n) is 3.42. The smallest absolute Gasteiger partial charge is 0.233 e. The molecule has 0 bridgehead atoms. The summed E-state index contributed by atoms with van der Waals surface area (Å²) in [5.74, 6) is -0.343. The third-order valence-electron chi connectivity index (χ3n) is 2.06. The van der Waals surface area contributed by atoms with Crippen LogP contribution in [0, 0.1) is 12.7 Å². The van der Waals surface area contributed by atoms with Crippen LogP contribution in [-0.2, 0) is 11.3 Å². The minimum atomic E-state index is -0.242. The highest BCUT2D eigenvalue weighted by atomic mass is 79.9. The lowest BCUT2D eigenvalue weighted by molar-refractivity contribution is -0.120. The van der Waals surface area contributed by atoms with E-state index in [0.717, 1.165) is 5.56 Å². The number of amides is 1. The molecule has 0 aromatic heterocycles. The fourth-order valence-corrected chi connectivity index (χ4v) is 1.24. The Bertz CT molecular complexity index is 366. The van der Waals surface area contributed by atoms with Gasteiger partial charge in [-0.1, -0.05) is 28.1 Å². The van der Waals surface area contributed by atoms with Gasteiger partial charge in [-0.3, -0.25) is 4.79 Å². The first-order valence-electron chi connectivity index (χ1n) is 4.67. The molecule has 0 spiro atoms. The fourth-order valence-electron chi connectivity index (χ4n) is 1.08. The van der Waals surface area contributed by atoms with Gasteiger partial charge in [0.1, 0.15) is 5.82 Å². The number of hydrogen-bond donors (Lipinski definition) is 1. The van der Waals surface area contributed by atoms with E-state index < -0.39 is 0 Å². The van der Waals surface area contributed by atoms with E-state index in [9.17, 15) is 9.18 Å². The van der Waals surface area contributed by atoms with Gasteiger partial charge in [0, 0.05) is 6.54 Å². The van der Waals surface area contributed by atoms with Gasteiger partial charge in [0.2, 0.25) is 5.91 Å². The topological polar surface area (TPSA) is 29.1 Å². The maximum Gasteiger partial charge on any atom is 0.233 e. The predicted molar refractivity (Wildman–Crippen MR) is 61.4 cm³/mol. The summed E-state index contributed by atoms with van der Waals surface area (Å²) in [7, 11) is 0. The van der Waals surface area contributed by atoms with Gasteiger partial charge in [-0.05, 0) is 31.0 Å². The number of halogens is 2. The lowest BCUT2D eigenvalue weighted by Crippen LogP contribution is -2.28. The Morgan fingerprint density at radius 1 is 1.60 bits per heavy atom. The molecule has 0 saturated heterocycles. The second kappa shape index (κ2) is 5.26. The van der Waals surface area contributed by atoms with Crippen molar-refractivity contribution in [3.63, 3.8) is 0 Å². The number of rotatable bonds is 3. The van der Waals surface area contributed by atoms with E-state index in [-0.39, 0.29) is 16.6 Å². The molecule has 2 nitrogen and oxygen atoms in total. The summed E-state index contributed by atoms with van der Waals surface area (Å²) >= 11 is 3.15. The van der Waals surface area contributed by atoms with E-state index in [4.69, 9.17) is 0 Å². The molecule has 0 saturated carbocycles. The Morgan fingerprint density at radius 3 is 2.80 bits per heavy atom. The molecular formula is C11H13BrFNO. The summed E-state index contributed by atoms with van der Waals surface area (Å²) in [5.41, 5.74) is 1.37. The normalized spacial score (nSPS) is 12.3. The van der Waals surface area contributed by atoms with Gasteiger partial charge in [-0.15, -0.1) is 0 Å². The molecule has 1 N–H and O–H groups in total. The molecule has 0 aliphatic rings. The molecule has 0 radical (unpaired) electrons. The number of aryl methyl sites for hydroxylation is 1. The first kappa shape index (κ1) is 12.2. The van der Waals surface area contributed by atoms with Gasteiger partial charge in [0.05, 0.1) is 4.83 Å². The summed E-state index contributed by atoms with van der Waals surface area (Å²) < 4.78 is 13.1. The molecule has 82 valence electrons. The van der Waals surface area contributed by atoms with E-state index in [1.54, 1.807) is 26.0 Å². The Kier molecular flexibility index (Phi) is 4.27. The Balaban J connectivity index is 2.58. The van der Waals surface area contributed by atoms with Gasteiger partial charge in [-0.25, -0.2) is 4.39 Å². The number of hydrogen-bond acceptors (Lipinski definition) is 1. The van der Waals surface area contributed by atoms with E-state index in [2.05, 4.69) is 21.2 Å². The van der Waals surface area contributed by atoms with Crippen LogP contribution in [-0.4, -0.2) is 10.7 Å². The maximum atomic E-state index is 13.1. The van der Waals surface area contributed by atoms with Crippen LogP contribution in [0.15, 0.2) is 18.2 Å². The molecule has 1 unspecified atom stereocenters. The maximum absolute atomic E-state index is 13.1. The van der Waals surface area contributed by atoms with Crippen molar-refractivity contribution < 1.29 is 9.18 Å². The zero-order valence-electron chi connectivity index (χ0n) is 8.68. The number of nitrogens with one attached hydrogen (secondary N) is 1. The zero-order valence-corrected chi connectivity index (χ0v) is 10.3. The minimum absolute atomic E-state index is 0.101. The van der Waals surface area contributed by atoms with Crippen LogP contribution in [0.2, 0.25) is 0 Å². The van der Waals surface area contributed by atoms with Crippen molar-refractivity contribution in [2.45, 2.75) is 25.2 Å². The molecule has 1 amide bonds. The van der Waals surface area contributed by atoms with E-state index >= 15 is 0 Å². The molecule has 1 rings (SSSR count). The van der Waals surface area contributed by atoms with Crippen LogP contribution < -0.4 is 5.32 Å². The van der Waals surface area contributed by atoms with E-state index in [1.165, 1.54) is 6.07 Å². The van der Waals surface area contributed by atoms with Gasteiger partial charge in [-0.2, -0.15) is 0 Å². The van der Waals surface area contributed by atoms with Gasteiger partial charge < -0.3 is 5.32 Å². The molecule has 0 aliphatic heterocycles. The fraction of sp³-hybridized carbons (Fsp3) is 0.364. The van der Waals surface area contributed by atoms with Crippen molar-refractivity contribution in [1.29, 1.82) is 0 Å². The van der Waals surface area contributed by atoms with E-state index in [0.29, 0.717) is 12.1 Å². The zero-order chi connectivity index (χ0) is 11.4. The highest BCUT2D eigenvalue weighted by Gasteiger charge is 2.07. The summed E-state index contributed by atoms with van der Waals surface area (Å²) in [6, 6.07) is 4.94. The largest absolute Gasteiger partial charge is 0.351 e. The summed E-state index contributed by atoms with van der Waals surface area (Å²) in [5, 5.41) is 2.69. The highest BCUT2D eigenvalue weighted by Crippen LogP contribution is 2.09. The lowest BCUT2D eigenvalue weighted by atomic mass is 10.1. The van der Waals surface area contributed by atoms with Gasteiger partial charge in [0.15, 0.2) is 0 Å². The van der Waals surface area contributed by atoms with Crippen LogP contribution in [0.25, 0.3) is 0 Å². The first-order chi connectivity index (χ1) is 7.00.